The molecule has 1 aromatic heterocycles. The number of carbonyl (C=O) groups excluding carboxylic acids is 2. The molecule has 1 fully saturated rings. The Kier molecular flexibility index (Phi) is 6.40. The van der Waals surface area contributed by atoms with Gasteiger partial charge in [-0.1, -0.05) is 60.2 Å². The molecule has 0 spiro atoms. The molecule has 0 unspecified atom stereocenters. The molecule has 0 N–H and O–H groups in total. The third-order valence-electron chi connectivity index (χ3n) is 6.31. The second-order valence-corrected chi connectivity index (χ2v) is 8.30. The summed E-state index contributed by atoms with van der Waals surface area (Å²) in [5.74, 6) is 1.07. The van der Waals surface area contributed by atoms with Crippen LogP contribution in [0.1, 0.15) is 36.3 Å². The zero-order valence-corrected chi connectivity index (χ0v) is 18.5. The highest BCUT2D eigenvalue weighted by molar-refractivity contribution is 5.84. The van der Waals surface area contributed by atoms with Crippen molar-refractivity contribution in [1.82, 2.24) is 9.88 Å². The van der Waals surface area contributed by atoms with Gasteiger partial charge >= 0.3 is 5.97 Å². The van der Waals surface area contributed by atoms with Crippen LogP contribution in [0.5, 0.6) is 0 Å². The average molecular weight is 433 g/mol. The van der Waals surface area contributed by atoms with E-state index < -0.39 is 5.41 Å². The molecular formula is C26H28N2O4. The third-order valence-corrected chi connectivity index (χ3v) is 6.31. The van der Waals surface area contributed by atoms with Crippen LogP contribution in [0.3, 0.4) is 0 Å². The molecule has 0 aliphatic carbocycles. The van der Waals surface area contributed by atoms with E-state index in [9.17, 15) is 9.59 Å². The number of oxazole rings is 1. The summed E-state index contributed by atoms with van der Waals surface area (Å²) in [6, 6.07) is 17.8. The average Bonchev–Trinajstić information content (AvgIpc) is 3.32. The summed E-state index contributed by atoms with van der Waals surface area (Å²) in [5, 5.41) is 0. The lowest BCUT2D eigenvalue weighted by Crippen LogP contribution is -2.49. The molecule has 0 bridgehead atoms. The topological polar surface area (TPSA) is 72.6 Å². The van der Waals surface area contributed by atoms with E-state index in [0.717, 1.165) is 11.1 Å². The van der Waals surface area contributed by atoms with Gasteiger partial charge in [-0.05, 0) is 25.3 Å². The summed E-state index contributed by atoms with van der Waals surface area (Å²) in [6.45, 7) is 3.07. The molecule has 2 aromatic carbocycles. The number of aromatic nitrogens is 1. The van der Waals surface area contributed by atoms with Gasteiger partial charge in [-0.15, -0.1) is 0 Å². The van der Waals surface area contributed by atoms with Crippen molar-refractivity contribution in [2.45, 2.75) is 38.0 Å². The minimum absolute atomic E-state index is 0.0478. The van der Waals surface area contributed by atoms with Crippen LogP contribution in [-0.4, -0.2) is 42.0 Å². The van der Waals surface area contributed by atoms with Gasteiger partial charge in [-0.2, -0.15) is 0 Å². The van der Waals surface area contributed by atoms with E-state index in [1.807, 2.05) is 66.4 Å². The van der Waals surface area contributed by atoms with Crippen molar-refractivity contribution in [3.8, 4) is 11.3 Å². The van der Waals surface area contributed by atoms with Gasteiger partial charge in [-0.3, -0.25) is 9.59 Å². The number of methoxy groups -OCH3 is 1. The molecule has 3 aromatic rings. The quantitative estimate of drug-likeness (QED) is 0.543. The normalized spacial score (nSPS) is 15.4. The Labute approximate surface area is 188 Å². The Hall–Kier alpha value is -3.41. The Morgan fingerprint density at radius 1 is 1.06 bits per heavy atom. The van der Waals surface area contributed by atoms with E-state index in [1.165, 1.54) is 12.7 Å². The fourth-order valence-electron chi connectivity index (χ4n) is 4.35. The van der Waals surface area contributed by atoms with Gasteiger partial charge in [0.1, 0.15) is 0 Å². The number of nitrogens with zero attached hydrogens (tertiary/aromatic N) is 2. The van der Waals surface area contributed by atoms with Crippen molar-refractivity contribution in [2.24, 2.45) is 0 Å². The molecule has 1 aliphatic rings. The number of piperidine rings is 1. The van der Waals surface area contributed by atoms with Crippen LogP contribution in [0.2, 0.25) is 0 Å². The molecule has 1 saturated heterocycles. The first-order valence-electron chi connectivity index (χ1n) is 11.0. The number of hydrogen-bond acceptors (Lipinski definition) is 5. The van der Waals surface area contributed by atoms with Crippen LogP contribution in [0, 0.1) is 6.92 Å². The van der Waals surface area contributed by atoms with Crippen molar-refractivity contribution in [3.63, 3.8) is 0 Å². The van der Waals surface area contributed by atoms with Crippen molar-refractivity contribution >= 4 is 11.9 Å². The van der Waals surface area contributed by atoms with Crippen molar-refractivity contribution < 1.29 is 18.7 Å². The Morgan fingerprint density at radius 2 is 1.75 bits per heavy atom. The van der Waals surface area contributed by atoms with E-state index in [4.69, 9.17) is 9.15 Å². The van der Waals surface area contributed by atoms with Gasteiger partial charge in [0.15, 0.2) is 11.7 Å². The second kappa shape index (κ2) is 9.39. The molecule has 0 atom stereocenters. The van der Waals surface area contributed by atoms with Crippen LogP contribution in [-0.2, 0) is 26.2 Å². The first-order chi connectivity index (χ1) is 15.5. The van der Waals surface area contributed by atoms with Crippen molar-refractivity contribution in [2.75, 3.05) is 20.2 Å². The van der Waals surface area contributed by atoms with Gasteiger partial charge in [-0.25, -0.2) is 4.98 Å². The number of rotatable bonds is 6. The summed E-state index contributed by atoms with van der Waals surface area (Å²) in [7, 11) is 1.42. The van der Waals surface area contributed by atoms with E-state index in [0.29, 0.717) is 50.4 Å². The predicted octanol–water partition coefficient (Wildman–Crippen LogP) is 4.32. The molecule has 1 aliphatic heterocycles. The molecule has 6 heteroatoms. The number of hydrogen-bond donors (Lipinski definition) is 0. The third kappa shape index (κ3) is 4.44. The first kappa shape index (κ1) is 21.8. The summed E-state index contributed by atoms with van der Waals surface area (Å²) in [5.41, 5.74) is 2.40. The Morgan fingerprint density at radius 3 is 2.41 bits per heavy atom. The van der Waals surface area contributed by atoms with Gasteiger partial charge < -0.3 is 14.1 Å². The smallest absolute Gasteiger partial charge is 0.316 e. The van der Waals surface area contributed by atoms with Gasteiger partial charge in [0, 0.05) is 31.5 Å². The molecule has 0 saturated carbocycles. The van der Waals surface area contributed by atoms with Gasteiger partial charge in [0.25, 0.3) is 0 Å². The minimum atomic E-state index is -0.696. The fourth-order valence-corrected chi connectivity index (χ4v) is 4.35. The molecule has 32 heavy (non-hydrogen) atoms. The number of amides is 1. The lowest BCUT2D eigenvalue weighted by Gasteiger charge is -2.40. The fraction of sp³-hybridized carbons (Fsp3) is 0.346. The molecule has 0 radical (unpaired) electrons. The van der Waals surface area contributed by atoms with Crippen LogP contribution >= 0.6 is 0 Å². The summed E-state index contributed by atoms with van der Waals surface area (Å²) >= 11 is 0. The predicted molar refractivity (Wildman–Crippen MR) is 121 cm³/mol. The summed E-state index contributed by atoms with van der Waals surface area (Å²) in [6.07, 6.45) is 3.57. The summed E-state index contributed by atoms with van der Waals surface area (Å²) < 4.78 is 11.0. The zero-order valence-electron chi connectivity index (χ0n) is 18.5. The highest BCUT2D eigenvalue weighted by atomic mass is 16.5. The Balaban J connectivity index is 1.36. The molecular weight excluding hydrogens is 404 g/mol. The number of carbonyl (C=O) groups is 2. The number of benzene rings is 2. The lowest BCUT2D eigenvalue weighted by molar-refractivity contribution is -0.151. The molecule has 1 amide bonds. The number of likely N-dealkylation sites (tertiary alicyclic amines) is 1. The van der Waals surface area contributed by atoms with E-state index in [-0.39, 0.29) is 11.9 Å². The molecule has 6 nitrogen and oxygen atoms in total. The SMILES string of the molecule is COC(=O)C1(c2ccccc2)CCN(C(=O)CCc2ncc(-c3ccc(C)cc3)o2)CC1. The summed E-state index contributed by atoms with van der Waals surface area (Å²) in [4.78, 5) is 31.6. The second-order valence-electron chi connectivity index (χ2n) is 8.30. The first-order valence-corrected chi connectivity index (χ1v) is 11.0. The van der Waals surface area contributed by atoms with E-state index in [1.54, 1.807) is 6.20 Å². The lowest BCUT2D eigenvalue weighted by atomic mass is 9.72. The highest BCUT2D eigenvalue weighted by Gasteiger charge is 2.44. The monoisotopic (exact) mass is 432 g/mol. The number of ether oxygens (including phenoxy) is 1. The van der Waals surface area contributed by atoms with Crippen LogP contribution in [0.25, 0.3) is 11.3 Å². The standard InChI is InChI=1S/C26H28N2O4/c1-19-8-10-20(11-9-19)22-18-27-23(32-22)12-13-24(29)28-16-14-26(15-17-28,25(30)31-2)21-6-4-3-5-7-21/h3-11,18H,12-17H2,1-2H3. The van der Waals surface area contributed by atoms with Crippen LogP contribution < -0.4 is 0 Å². The van der Waals surface area contributed by atoms with Crippen molar-refractivity contribution in [3.05, 3.63) is 77.8 Å². The number of aryl methyl sites for hydroxylation is 2. The molecule has 166 valence electrons. The number of esters is 1. The molecule has 4 rings (SSSR count). The largest absolute Gasteiger partial charge is 0.468 e. The van der Waals surface area contributed by atoms with Gasteiger partial charge in [0.05, 0.1) is 18.7 Å². The van der Waals surface area contributed by atoms with Crippen LogP contribution in [0.15, 0.2) is 65.2 Å². The van der Waals surface area contributed by atoms with E-state index >= 15 is 0 Å². The minimum Gasteiger partial charge on any atom is -0.468 e. The van der Waals surface area contributed by atoms with Crippen molar-refractivity contribution in [1.29, 1.82) is 0 Å². The van der Waals surface area contributed by atoms with Gasteiger partial charge in [0.2, 0.25) is 5.91 Å². The highest BCUT2D eigenvalue weighted by Crippen LogP contribution is 2.37. The Bertz CT molecular complexity index is 1060. The molecule has 2 heterocycles. The van der Waals surface area contributed by atoms with E-state index in [2.05, 4.69) is 4.98 Å². The zero-order chi connectivity index (χ0) is 22.6. The van der Waals surface area contributed by atoms with Crippen LogP contribution in [0.4, 0.5) is 0 Å². The maximum Gasteiger partial charge on any atom is 0.316 e. The maximum atomic E-state index is 12.8. The maximum absolute atomic E-state index is 12.8.